The molecule has 0 fully saturated rings. The summed E-state index contributed by atoms with van der Waals surface area (Å²) in [7, 11) is 2.22. The van der Waals surface area contributed by atoms with E-state index in [4.69, 9.17) is 0 Å². The van der Waals surface area contributed by atoms with Crippen LogP contribution in [-0.4, -0.2) is 7.05 Å². The molecule has 0 aromatic heterocycles. The SMILES string of the molecule is CN(C1=Cc2ccc3ccccc3c2CC1)c1ccc2c(c1)C(C)(C)c1ccccc1-2. The van der Waals surface area contributed by atoms with Crippen LogP contribution in [0.2, 0.25) is 0 Å². The summed E-state index contributed by atoms with van der Waals surface area (Å²) in [6, 6.07) is 29.2. The molecule has 0 N–H and O–H groups in total. The number of hydrogen-bond acceptors (Lipinski definition) is 1. The Bertz CT molecular complexity index is 1370. The molecule has 0 spiro atoms. The van der Waals surface area contributed by atoms with Crippen molar-refractivity contribution in [3.05, 3.63) is 107 Å². The van der Waals surface area contributed by atoms with Crippen molar-refractivity contribution >= 4 is 22.5 Å². The van der Waals surface area contributed by atoms with Crippen LogP contribution in [0.3, 0.4) is 0 Å². The van der Waals surface area contributed by atoms with Crippen LogP contribution in [0.15, 0.2) is 84.6 Å². The number of benzene rings is 4. The van der Waals surface area contributed by atoms with Gasteiger partial charge in [-0.3, -0.25) is 0 Å². The van der Waals surface area contributed by atoms with Crippen LogP contribution >= 0.6 is 0 Å². The van der Waals surface area contributed by atoms with Gasteiger partial charge in [-0.25, -0.2) is 0 Å². The van der Waals surface area contributed by atoms with E-state index in [-0.39, 0.29) is 5.41 Å². The Hall–Kier alpha value is -3.32. The van der Waals surface area contributed by atoms with Gasteiger partial charge < -0.3 is 4.90 Å². The first-order valence-electron chi connectivity index (χ1n) is 11.2. The first-order chi connectivity index (χ1) is 15.0. The van der Waals surface area contributed by atoms with Crippen molar-refractivity contribution in [2.24, 2.45) is 0 Å². The van der Waals surface area contributed by atoms with Gasteiger partial charge in [-0.05, 0) is 75.2 Å². The lowest BCUT2D eigenvalue weighted by molar-refractivity contribution is 0.660. The normalized spacial score (nSPS) is 15.8. The van der Waals surface area contributed by atoms with E-state index in [0.29, 0.717) is 0 Å². The molecule has 0 unspecified atom stereocenters. The van der Waals surface area contributed by atoms with Crippen LogP contribution in [0, 0.1) is 0 Å². The minimum atomic E-state index is 0.0369. The van der Waals surface area contributed by atoms with Crippen LogP contribution in [0.25, 0.3) is 28.0 Å². The molecule has 2 aliphatic carbocycles. The smallest absolute Gasteiger partial charge is 0.0409 e. The van der Waals surface area contributed by atoms with E-state index in [1.807, 2.05) is 0 Å². The second-order valence-corrected chi connectivity index (χ2v) is 9.45. The fourth-order valence-electron chi connectivity index (χ4n) is 5.60. The van der Waals surface area contributed by atoms with E-state index in [1.54, 1.807) is 0 Å². The second-order valence-electron chi connectivity index (χ2n) is 9.45. The van der Waals surface area contributed by atoms with Gasteiger partial charge in [0.05, 0.1) is 0 Å². The molecule has 0 aliphatic heterocycles. The summed E-state index contributed by atoms with van der Waals surface area (Å²) in [4.78, 5) is 2.39. The lowest BCUT2D eigenvalue weighted by Crippen LogP contribution is -2.20. The van der Waals surface area contributed by atoms with Gasteiger partial charge in [0.15, 0.2) is 0 Å². The number of allylic oxidation sites excluding steroid dienone is 1. The zero-order valence-electron chi connectivity index (χ0n) is 18.4. The minimum Gasteiger partial charge on any atom is -0.348 e. The molecule has 0 saturated carbocycles. The van der Waals surface area contributed by atoms with E-state index in [9.17, 15) is 0 Å². The van der Waals surface area contributed by atoms with Crippen LogP contribution in [0.1, 0.15) is 42.5 Å². The maximum Gasteiger partial charge on any atom is 0.0409 e. The number of hydrogen-bond donors (Lipinski definition) is 0. The number of aryl methyl sites for hydroxylation is 1. The molecule has 31 heavy (non-hydrogen) atoms. The van der Waals surface area contributed by atoms with Gasteiger partial charge in [-0.2, -0.15) is 0 Å². The third-order valence-electron chi connectivity index (χ3n) is 7.42. The van der Waals surface area contributed by atoms with Crippen molar-refractivity contribution < 1.29 is 0 Å². The van der Waals surface area contributed by atoms with Gasteiger partial charge >= 0.3 is 0 Å². The fourth-order valence-corrected chi connectivity index (χ4v) is 5.60. The van der Waals surface area contributed by atoms with Crippen LogP contribution < -0.4 is 4.90 Å². The predicted molar refractivity (Wildman–Crippen MR) is 133 cm³/mol. The van der Waals surface area contributed by atoms with E-state index in [1.165, 1.54) is 55.5 Å². The van der Waals surface area contributed by atoms with Crippen LogP contribution in [0.5, 0.6) is 0 Å². The molecule has 4 aromatic rings. The lowest BCUT2D eigenvalue weighted by Gasteiger charge is -2.29. The Morgan fingerprint density at radius 3 is 2.42 bits per heavy atom. The molecule has 152 valence electrons. The Balaban J connectivity index is 1.40. The van der Waals surface area contributed by atoms with Gasteiger partial charge in [-0.15, -0.1) is 0 Å². The monoisotopic (exact) mass is 401 g/mol. The zero-order valence-corrected chi connectivity index (χ0v) is 18.4. The minimum absolute atomic E-state index is 0.0369. The van der Waals surface area contributed by atoms with Gasteiger partial charge in [0.2, 0.25) is 0 Å². The second kappa shape index (κ2) is 6.59. The first kappa shape index (κ1) is 18.4. The summed E-state index contributed by atoms with van der Waals surface area (Å²) in [5, 5.41) is 2.74. The molecule has 0 saturated heterocycles. The number of nitrogens with zero attached hydrogens (tertiary/aromatic N) is 1. The summed E-state index contributed by atoms with van der Waals surface area (Å²) < 4.78 is 0. The molecule has 6 rings (SSSR count). The molecule has 0 heterocycles. The van der Waals surface area contributed by atoms with Crippen molar-refractivity contribution in [2.45, 2.75) is 32.1 Å². The summed E-state index contributed by atoms with van der Waals surface area (Å²) >= 11 is 0. The summed E-state index contributed by atoms with van der Waals surface area (Å²) in [5.41, 5.74) is 11.2. The van der Waals surface area contributed by atoms with Crippen molar-refractivity contribution in [1.29, 1.82) is 0 Å². The highest BCUT2D eigenvalue weighted by Crippen LogP contribution is 2.49. The molecule has 0 bridgehead atoms. The number of rotatable bonds is 2. The topological polar surface area (TPSA) is 3.24 Å². The predicted octanol–water partition coefficient (Wildman–Crippen LogP) is 7.57. The van der Waals surface area contributed by atoms with Crippen molar-refractivity contribution in [3.8, 4) is 11.1 Å². The van der Waals surface area contributed by atoms with E-state index < -0.39 is 0 Å². The lowest BCUT2D eigenvalue weighted by atomic mass is 9.82. The highest BCUT2D eigenvalue weighted by molar-refractivity contribution is 5.90. The zero-order chi connectivity index (χ0) is 21.2. The fraction of sp³-hybridized carbons (Fsp3) is 0.200. The number of fused-ring (bicyclic) bond motifs is 6. The Morgan fingerprint density at radius 2 is 1.52 bits per heavy atom. The average Bonchev–Trinajstić information content (AvgIpc) is 3.05. The summed E-state index contributed by atoms with van der Waals surface area (Å²) in [5.74, 6) is 0. The van der Waals surface area contributed by atoms with Gasteiger partial charge in [0.25, 0.3) is 0 Å². The molecule has 0 amide bonds. The molecular weight excluding hydrogens is 374 g/mol. The van der Waals surface area contributed by atoms with Crippen molar-refractivity contribution in [2.75, 3.05) is 11.9 Å². The standard InChI is InChI=1S/C30H27N/c1-30(2)28-11-7-6-10-26(28)27-17-15-23(19-29(27)30)31(3)22-14-16-25-21(18-22)13-12-20-8-4-5-9-24(20)25/h4-13,15,17-19H,14,16H2,1-3H3. The maximum absolute atomic E-state index is 2.41. The number of anilines is 1. The molecule has 1 nitrogen and oxygen atoms in total. The third kappa shape index (κ3) is 2.69. The summed E-state index contributed by atoms with van der Waals surface area (Å²) in [6.07, 6.45) is 4.55. The Labute approximate surface area is 184 Å². The average molecular weight is 402 g/mol. The van der Waals surface area contributed by atoms with E-state index in [0.717, 1.165) is 12.8 Å². The molecule has 1 heteroatoms. The highest BCUT2D eigenvalue weighted by atomic mass is 15.1. The van der Waals surface area contributed by atoms with E-state index in [2.05, 4.69) is 111 Å². The Morgan fingerprint density at radius 1 is 0.742 bits per heavy atom. The molecule has 0 atom stereocenters. The molecule has 2 aliphatic rings. The highest BCUT2D eigenvalue weighted by Gasteiger charge is 2.35. The first-order valence-corrected chi connectivity index (χ1v) is 11.2. The van der Waals surface area contributed by atoms with Crippen molar-refractivity contribution in [1.82, 2.24) is 0 Å². The maximum atomic E-state index is 2.41. The quantitative estimate of drug-likeness (QED) is 0.335. The van der Waals surface area contributed by atoms with Crippen molar-refractivity contribution in [3.63, 3.8) is 0 Å². The Kier molecular flexibility index (Phi) is 3.92. The molecule has 4 aromatic carbocycles. The molecular formula is C30H27N. The van der Waals surface area contributed by atoms with Crippen LogP contribution in [-0.2, 0) is 11.8 Å². The summed E-state index contributed by atoms with van der Waals surface area (Å²) in [6.45, 7) is 4.70. The largest absolute Gasteiger partial charge is 0.348 e. The third-order valence-corrected chi connectivity index (χ3v) is 7.42. The van der Waals surface area contributed by atoms with Gasteiger partial charge in [0, 0.05) is 23.8 Å². The van der Waals surface area contributed by atoms with Gasteiger partial charge in [0.1, 0.15) is 0 Å². The van der Waals surface area contributed by atoms with Gasteiger partial charge in [-0.1, -0.05) is 80.6 Å². The van der Waals surface area contributed by atoms with Crippen LogP contribution in [0.4, 0.5) is 5.69 Å². The molecule has 0 radical (unpaired) electrons. The van der Waals surface area contributed by atoms with E-state index >= 15 is 0 Å².